The van der Waals surface area contributed by atoms with Crippen LogP contribution < -0.4 is 10.1 Å². The van der Waals surface area contributed by atoms with E-state index in [0.717, 1.165) is 11.4 Å². The van der Waals surface area contributed by atoms with Gasteiger partial charge < -0.3 is 19.4 Å². The van der Waals surface area contributed by atoms with E-state index in [2.05, 4.69) is 15.2 Å². The Morgan fingerprint density at radius 3 is 2.68 bits per heavy atom. The largest absolute Gasteiger partial charge is 0.453 e. The first-order valence-corrected chi connectivity index (χ1v) is 9.34. The Kier molecular flexibility index (Phi) is 4.67. The van der Waals surface area contributed by atoms with Crippen molar-refractivity contribution >= 4 is 17.7 Å². The van der Waals surface area contributed by atoms with Crippen LogP contribution in [0.3, 0.4) is 0 Å². The van der Waals surface area contributed by atoms with E-state index < -0.39 is 0 Å². The van der Waals surface area contributed by atoms with Crippen molar-refractivity contribution in [3.05, 3.63) is 36.0 Å². The predicted molar refractivity (Wildman–Crippen MR) is 94.0 cm³/mol. The lowest BCUT2D eigenvalue weighted by Crippen LogP contribution is -2.57. The molecule has 1 aromatic carbocycles. The molecule has 1 unspecified atom stereocenters. The predicted octanol–water partition coefficient (Wildman–Crippen LogP) is 2.66. The Hall–Kier alpha value is -1.99. The summed E-state index contributed by atoms with van der Waals surface area (Å²) < 4.78 is 10.3. The molecule has 3 fully saturated rings. The number of amides is 1. The van der Waals surface area contributed by atoms with Gasteiger partial charge >= 0.3 is 6.08 Å². The molecular formula is C18H21N3O3S. The Bertz CT molecular complexity index is 738. The molecule has 7 heteroatoms. The molecule has 1 N–H and O–H groups in total. The number of hydrogen-bond acceptors (Lipinski definition) is 6. The minimum Gasteiger partial charge on any atom is -0.453 e. The molecule has 1 atom stereocenters. The average Bonchev–Trinajstić information content (AvgIpc) is 3.11. The Balaban J connectivity index is 1.37. The minimum absolute atomic E-state index is 0.0108. The highest BCUT2D eigenvalue weighted by atomic mass is 32.2. The van der Waals surface area contributed by atoms with Gasteiger partial charge in [0.15, 0.2) is 5.09 Å². The molecule has 3 aliphatic heterocycles. The van der Waals surface area contributed by atoms with Crippen LogP contribution in [-0.4, -0.2) is 48.6 Å². The second-order valence-electron chi connectivity index (χ2n) is 6.49. The lowest BCUT2D eigenvalue weighted by molar-refractivity contribution is 0.0620. The van der Waals surface area contributed by atoms with Gasteiger partial charge in [0, 0.05) is 23.0 Å². The molecule has 2 aromatic rings. The SMILES string of the molecule is COc1ncc(Sc2ccc(C(=O)NC3CN4CCC3CC4)cc2)o1. The number of nitrogens with zero attached hydrogens (tertiary/aromatic N) is 2. The van der Waals surface area contributed by atoms with E-state index in [4.69, 9.17) is 9.15 Å². The van der Waals surface area contributed by atoms with E-state index in [9.17, 15) is 4.79 Å². The van der Waals surface area contributed by atoms with E-state index in [0.29, 0.717) is 16.6 Å². The topological polar surface area (TPSA) is 67.6 Å². The van der Waals surface area contributed by atoms with E-state index in [1.54, 1.807) is 6.20 Å². The third-order valence-corrected chi connectivity index (χ3v) is 5.84. The summed E-state index contributed by atoms with van der Waals surface area (Å²) in [6, 6.07) is 7.83. The smallest absolute Gasteiger partial charge is 0.394 e. The number of piperidine rings is 3. The summed E-state index contributed by atoms with van der Waals surface area (Å²) in [7, 11) is 1.52. The fourth-order valence-corrected chi connectivity index (χ4v) is 4.28. The monoisotopic (exact) mass is 359 g/mol. The highest BCUT2D eigenvalue weighted by Gasteiger charge is 2.34. The van der Waals surface area contributed by atoms with Crippen LogP contribution in [0.15, 0.2) is 44.9 Å². The number of ether oxygens (including phenoxy) is 1. The van der Waals surface area contributed by atoms with Gasteiger partial charge in [-0.1, -0.05) is 11.8 Å². The lowest BCUT2D eigenvalue weighted by atomic mass is 9.84. The van der Waals surface area contributed by atoms with Crippen molar-refractivity contribution < 1.29 is 13.9 Å². The van der Waals surface area contributed by atoms with Crippen LogP contribution in [0.4, 0.5) is 0 Å². The number of hydrogen-bond donors (Lipinski definition) is 1. The van der Waals surface area contributed by atoms with E-state index in [1.807, 2.05) is 24.3 Å². The van der Waals surface area contributed by atoms with Gasteiger partial charge in [0.2, 0.25) is 0 Å². The number of fused-ring (bicyclic) bond motifs is 3. The molecule has 4 heterocycles. The molecule has 0 saturated carbocycles. The van der Waals surface area contributed by atoms with E-state index >= 15 is 0 Å². The maximum Gasteiger partial charge on any atom is 0.394 e. The fourth-order valence-electron chi connectivity index (χ4n) is 3.56. The summed E-state index contributed by atoms with van der Waals surface area (Å²) in [5.74, 6) is 0.641. The van der Waals surface area contributed by atoms with Crippen LogP contribution in [0, 0.1) is 5.92 Å². The zero-order chi connectivity index (χ0) is 17.2. The first-order valence-electron chi connectivity index (χ1n) is 8.52. The summed E-state index contributed by atoms with van der Waals surface area (Å²) in [6.07, 6.45) is 4.26. The minimum atomic E-state index is 0.0108. The molecule has 6 nitrogen and oxygen atoms in total. The standard InChI is InChI=1S/C18H21N3O3S/c1-23-18-19-10-16(24-18)25-14-4-2-13(3-5-14)17(22)20-15-11-21-8-6-12(15)7-9-21/h2-5,10,12,15H,6-9,11H2,1H3,(H,20,22). The van der Waals surface area contributed by atoms with Gasteiger partial charge in [0.05, 0.1) is 13.3 Å². The highest BCUT2D eigenvalue weighted by molar-refractivity contribution is 7.99. The molecule has 0 aliphatic carbocycles. The summed E-state index contributed by atoms with van der Waals surface area (Å²) in [5.41, 5.74) is 0.691. The quantitative estimate of drug-likeness (QED) is 0.885. The summed E-state index contributed by atoms with van der Waals surface area (Å²) in [5, 5.41) is 3.87. The number of methoxy groups -OCH3 is 1. The molecule has 0 radical (unpaired) electrons. The maximum absolute atomic E-state index is 12.5. The normalized spacial score (nSPS) is 24.9. The molecule has 132 valence electrons. The van der Waals surface area contributed by atoms with Gasteiger partial charge in [-0.25, -0.2) is 0 Å². The summed E-state index contributed by atoms with van der Waals surface area (Å²) in [6.45, 7) is 3.34. The van der Waals surface area contributed by atoms with Crippen LogP contribution in [0.25, 0.3) is 0 Å². The third kappa shape index (κ3) is 3.67. The third-order valence-electron chi connectivity index (χ3n) is 4.95. The Morgan fingerprint density at radius 1 is 1.32 bits per heavy atom. The molecule has 3 aliphatic rings. The number of nitrogens with one attached hydrogen (secondary N) is 1. The molecule has 3 saturated heterocycles. The molecule has 0 spiro atoms. The fraction of sp³-hybridized carbons (Fsp3) is 0.444. The lowest BCUT2D eigenvalue weighted by Gasteiger charge is -2.44. The number of carbonyl (C=O) groups is 1. The van der Waals surface area contributed by atoms with Crippen LogP contribution in [-0.2, 0) is 0 Å². The van der Waals surface area contributed by atoms with Crippen molar-refractivity contribution in [1.29, 1.82) is 0 Å². The molecule has 1 amide bonds. The van der Waals surface area contributed by atoms with Crippen molar-refractivity contribution in [2.24, 2.45) is 5.92 Å². The zero-order valence-electron chi connectivity index (χ0n) is 14.1. The average molecular weight is 359 g/mol. The van der Waals surface area contributed by atoms with Crippen molar-refractivity contribution in [2.45, 2.75) is 28.9 Å². The maximum atomic E-state index is 12.5. The van der Waals surface area contributed by atoms with E-state index in [-0.39, 0.29) is 18.0 Å². The summed E-state index contributed by atoms with van der Waals surface area (Å²) >= 11 is 1.44. The second kappa shape index (κ2) is 7.09. The van der Waals surface area contributed by atoms with Crippen LogP contribution in [0.5, 0.6) is 6.08 Å². The summed E-state index contributed by atoms with van der Waals surface area (Å²) in [4.78, 5) is 19.9. The highest BCUT2D eigenvalue weighted by Crippen LogP contribution is 2.30. The van der Waals surface area contributed by atoms with Crippen LogP contribution in [0.1, 0.15) is 23.2 Å². The Morgan fingerprint density at radius 2 is 2.08 bits per heavy atom. The number of oxazole rings is 1. The number of benzene rings is 1. The van der Waals surface area contributed by atoms with Crippen LogP contribution in [0.2, 0.25) is 0 Å². The van der Waals surface area contributed by atoms with Gasteiger partial charge in [0.1, 0.15) is 0 Å². The van der Waals surface area contributed by atoms with Gasteiger partial charge in [-0.15, -0.1) is 0 Å². The van der Waals surface area contributed by atoms with Crippen molar-refractivity contribution in [3.8, 4) is 6.08 Å². The molecule has 1 aromatic heterocycles. The molecular weight excluding hydrogens is 338 g/mol. The van der Waals surface area contributed by atoms with Gasteiger partial charge in [-0.3, -0.25) is 4.79 Å². The number of carbonyl (C=O) groups excluding carboxylic acids is 1. The number of aromatic nitrogens is 1. The molecule has 5 rings (SSSR count). The Labute approximate surface area is 150 Å². The first-order chi connectivity index (χ1) is 12.2. The first kappa shape index (κ1) is 16.5. The van der Waals surface area contributed by atoms with Gasteiger partial charge in [-0.2, -0.15) is 4.98 Å². The van der Waals surface area contributed by atoms with Crippen molar-refractivity contribution in [1.82, 2.24) is 15.2 Å². The van der Waals surface area contributed by atoms with Crippen molar-refractivity contribution in [3.63, 3.8) is 0 Å². The van der Waals surface area contributed by atoms with Crippen molar-refractivity contribution in [2.75, 3.05) is 26.7 Å². The molecule has 25 heavy (non-hydrogen) atoms. The zero-order valence-corrected chi connectivity index (χ0v) is 14.9. The van der Waals surface area contributed by atoms with Gasteiger partial charge in [0.25, 0.3) is 5.91 Å². The van der Waals surface area contributed by atoms with Gasteiger partial charge in [-0.05, 0) is 56.1 Å². The number of rotatable bonds is 5. The molecule has 2 bridgehead atoms. The van der Waals surface area contributed by atoms with Crippen LogP contribution >= 0.6 is 11.8 Å². The van der Waals surface area contributed by atoms with E-state index in [1.165, 1.54) is 44.8 Å². The second-order valence-corrected chi connectivity index (χ2v) is 7.57.